The zero-order chi connectivity index (χ0) is 16.8. The van der Waals surface area contributed by atoms with Crippen LogP contribution in [0.15, 0.2) is 0 Å². The number of rotatable bonds is 10. The van der Waals surface area contributed by atoms with Gasteiger partial charge < -0.3 is 8.85 Å². The predicted octanol–water partition coefficient (Wildman–Crippen LogP) is 4.12. The lowest BCUT2D eigenvalue weighted by Gasteiger charge is -2.44. The highest BCUT2D eigenvalue weighted by molar-refractivity contribution is 6.62. The average Bonchev–Trinajstić information content (AvgIpc) is 3.18. The molecule has 2 rings (SSSR count). The van der Waals surface area contributed by atoms with Crippen molar-refractivity contribution in [3.05, 3.63) is 0 Å². The molecule has 2 aliphatic carbocycles. The summed E-state index contributed by atoms with van der Waals surface area (Å²) in [7, 11) is 1.04. The van der Waals surface area contributed by atoms with Gasteiger partial charge in [0.2, 0.25) is 0 Å². The standard InChI is InChI=1S/C18H38N2O2Si/c1-5-11-17(13-7-8-14-17)19-23(21-3,22-4)20-18(12-6-2)15-9-10-16-18/h19-20H,5-16H2,1-4H3. The van der Waals surface area contributed by atoms with E-state index in [0.29, 0.717) is 0 Å². The van der Waals surface area contributed by atoms with E-state index in [2.05, 4.69) is 23.8 Å². The van der Waals surface area contributed by atoms with E-state index in [1.165, 1.54) is 77.0 Å². The Bertz CT molecular complexity index is 319. The lowest BCUT2D eigenvalue weighted by Crippen LogP contribution is -2.75. The van der Waals surface area contributed by atoms with Crippen LogP contribution < -0.4 is 9.96 Å². The van der Waals surface area contributed by atoms with Gasteiger partial charge in [0.1, 0.15) is 0 Å². The topological polar surface area (TPSA) is 42.5 Å². The van der Waals surface area contributed by atoms with Gasteiger partial charge in [-0.25, -0.2) is 0 Å². The quantitative estimate of drug-likeness (QED) is 0.586. The molecule has 0 amide bonds. The molecular formula is C18H38N2O2Si. The highest BCUT2D eigenvalue weighted by Gasteiger charge is 2.51. The highest BCUT2D eigenvalue weighted by Crippen LogP contribution is 2.37. The molecule has 0 saturated heterocycles. The summed E-state index contributed by atoms with van der Waals surface area (Å²) in [6.45, 7) is 4.57. The smallest absolute Gasteiger partial charge is 0.374 e. The van der Waals surface area contributed by atoms with Gasteiger partial charge in [0.15, 0.2) is 0 Å². The monoisotopic (exact) mass is 342 g/mol. The molecular weight excluding hydrogens is 304 g/mol. The minimum atomic E-state index is -2.59. The highest BCUT2D eigenvalue weighted by atomic mass is 28.4. The van der Waals surface area contributed by atoms with Gasteiger partial charge in [0.25, 0.3) is 0 Å². The first-order valence-corrected chi connectivity index (χ1v) is 11.6. The Kier molecular flexibility index (Phi) is 7.11. The van der Waals surface area contributed by atoms with Gasteiger partial charge in [-0.05, 0) is 38.5 Å². The minimum absolute atomic E-state index is 0.214. The fourth-order valence-corrected chi connectivity index (χ4v) is 7.74. The first-order valence-electron chi connectivity index (χ1n) is 9.76. The molecule has 2 N–H and O–H groups in total. The summed E-state index contributed by atoms with van der Waals surface area (Å²) in [4.78, 5) is 7.87. The van der Waals surface area contributed by atoms with Crippen LogP contribution in [-0.4, -0.2) is 34.2 Å². The van der Waals surface area contributed by atoms with E-state index in [4.69, 9.17) is 8.85 Å². The summed E-state index contributed by atoms with van der Waals surface area (Å²) in [5.74, 6) is 0. The van der Waals surface area contributed by atoms with E-state index in [0.717, 1.165) is 0 Å². The lowest BCUT2D eigenvalue weighted by molar-refractivity contribution is 0.161. The normalized spacial score (nSPS) is 23.5. The van der Waals surface area contributed by atoms with Crippen LogP contribution in [0.25, 0.3) is 0 Å². The van der Waals surface area contributed by atoms with Crippen molar-refractivity contribution in [2.45, 2.75) is 102 Å². The maximum atomic E-state index is 6.05. The molecule has 5 heteroatoms. The van der Waals surface area contributed by atoms with Crippen LogP contribution in [-0.2, 0) is 8.85 Å². The van der Waals surface area contributed by atoms with Crippen LogP contribution in [0.2, 0.25) is 0 Å². The van der Waals surface area contributed by atoms with Crippen molar-refractivity contribution in [2.24, 2.45) is 0 Å². The number of nitrogens with one attached hydrogen (secondary N) is 2. The van der Waals surface area contributed by atoms with Crippen molar-refractivity contribution in [1.82, 2.24) is 9.96 Å². The second kappa shape index (κ2) is 8.43. The molecule has 0 atom stereocenters. The largest absolute Gasteiger partial charge is 0.517 e. The molecule has 0 spiro atoms. The maximum Gasteiger partial charge on any atom is 0.517 e. The third kappa shape index (κ3) is 4.57. The van der Waals surface area contributed by atoms with Crippen molar-refractivity contribution in [1.29, 1.82) is 0 Å². The first kappa shape index (κ1) is 19.4. The third-order valence-corrected chi connectivity index (χ3v) is 8.88. The van der Waals surface area contributed by atoms with Gasteiger partial charge in [0, 0.05) is 25.3 Å². The van der Waals surface area contributed by atoms with Crippen molar-refractivity contribution in [3.8, 4) is 0 Å². The zero-order valence-electron chi connectivity index (χ0n) is 15.8. The van der Waals surface area contributed by atoms with E-state index in [1.54, 1.807) is 0 Å². The van der Waals surface area contributed by atoms with Gasteiger partial charge in [-0.3, -0.25) is 9.96 Å². The van der Waals surface area contributed by atoms with E-state index < -0.39 is 8.88 Å². The summed E-state index contributed by atoms with van der Waals surface area (Å²) in [6.07, 6.45) is 15.2. The van der Waals surface area contributed by atoms with Crippen LogP contribution in [0.4, 0.5) is 0 Å². The fraction of sp³-hybridized carbons (Fsp3) is 1.00. The summed E-state index contributed by atoms with van der Waals surface area (Å²) < 4.78 is 12.1. The van der Waals surface area contributed by atoms with Crippen LogP contribution in [0.1, 0.15) is 90.9 Å². The molecule has 0 aromatic rings. The van der Waals surface area contributed by atoms with Crippen LogP contribution >= 0.6 is 0 Å². The lowest BCUT2D eigenvalue weighted by atomic mass is 9.93. The van der Waals surface area contributed by atoms with Crippen LogP contribution in [0.3, 0.4) is 0 Å². The fourth-order valence-electron chi connectivity index (χ4n) is 4.95. The number of hydrogen-bond acceptors (Lipinski definition) is 4. The minimum Gasteiger partial charge on any atom is -0.374 e. The molecule has 0 heterocycles. The van der Waals surface area contributed by atoms with Gasteiger partial charge in [-0.2, -0.15) is 0 Å². The molecule has 136 valence electrons. The molecule has 0 aliphatic heterocycles. The van der Waals surface area contributed by atoms with Crippen LogP contribution in [0, 0.1) is 0 Å². The Morgan fingerprint density at radius 2 is 1.09 bits per heavy atom. The summed E-state index contributed by atoms with van der Waals surface area (Å²) in [5, 5.41) is 0. The Hall–Kier alpha value is 0.0569. The molecule has 23 heavy (non-hydrogen) atoms. The van der Waals surface area contributed by atoms with Crippen molar-refractivity contribution >= 4 is 8.88 Å². The molecule has 0 aromatic carbocycles. The van der Waals surface area contributed by atoms with E-state index in [9.17, 15) is 0 Å². The van der Waals surface area contributed by atoms with Gasteiger partial charge in [-0.1, -0.05) is 52.4 Å². The molecule has 2 saturated carbocycles. The summed E-state index contributed by atoms with van der Waals surface area (Å²) in [6, 6.07) is 0. The molecule has 2 fully saturated rings. The van der Waals surface area contributed by atoms with E-state index >= 15 is 0 Å². The van der Waals surface area contributed by atoms with Crippen molar-refractivity contribution < 1.29 is 8.85 Å². The molecule has 0 aromatic heterocycles. The van der Waals surface area contributed by atoms with Crippen LogP contribution in [0.5, 0.6) is 0 Å². The summed E-state index contributed by atoms with van der Waals surface area (Å²) in [5.41, 5.74) is 0.429. The Balaban J connectivity index is 2.16. The van der Waals surface area contributed by atoms with E-state index in [-0.39, 0.29) is 11.1 Å². The predicted molar refractivity (Wildman–Crippen MR) is 98.3 cm³/mol. The van der Waals surface area contributed by atoms with Gasteiger partial charge in [-0.15, -0.1) is 0 Å². The summed E-state index contributed by atoms with van der Waals surface area (Å²) >= 11 is 0. The first-order chi connectivity index (χ1) is 11.1. The molecule has 0 radical (unpaired) electrons. The molecule has 0 bridgehead atoms. The molecule has 4 nitrogen and oxygen atoms in total. The SMILES string of the molecule is CCCC1(N[Si](NC2(CCC)CCCC2)(OC)OC)CCCC1. The Labute approximate surface area is 144 Å². The van der Waals surface area contributed by atoms with Crippen molar-refractivity contribution in [3.63, 3.8) is 0 Å². The second-order valence-corrected chi connectivity index (χ2v) is 10.3. The van der Waals surface area contributed by atoms with Crippen molar-refractivity contribution in [2.75, 3.05) is 14.2 Å². The zero-order valence-corrected chi connectivity index (χ0v) is 16.8. The molecule has 0 unspecified atom stereocenters. The van der Waals surface area contributed by atoms with Gasteiger partial charge in [0.05, 0.1) is 0 Å². The third-order valence-electron chi connectivity index (χ3n) is 6.01. The maximum absolute atomic E-state index is 6.05. The number of hydrogen-bond donors (Lipinski definition) is 2. The molecule has 2 aliphatic rings. The Morgan fingerprint density at radius 1 is 0.739 bits per heavy atom. The Morgan fingerprint density at radius 3 is 1.35 bits per heavy atom. The average molecular weight is 343 g/mol. The van der Waals surface area contributed by atoms with E-state index in [1.807, 2.05) is 14.2 Å². The second-order valence-electron chi connectivity index (χ2n) is 7.75. The van der Waals surface area contributed by atoms with Gasteiger partial charge >= 0.3 is 8.88 Å².